The molecule has 2 aromatic rings. The predicted octanol–water partition coefficient (Wildman–Crippen LogP) is 4.79. The molecule has 5 nitrogen and oxygen atoms in total. The molecule has 0 aliphatic heterocycles. The van der Waals surface area contributed by atoms with Crippen LogP contribution < -0.4 is 5.32 Å². The van der Waals surface area contributed by atoms with Crippen molar-refractivity contribution in [2.45, 2.75) is 39.8 Å². The van der Waals surface area contributed by atoms with Crippen LogP contribution >= 0.6 is 0 Å². The SMILES string of the molecule is CCC(C)(C)C(NC(=O)OCc1ccccc1)c1ccc(C(=O)O)cc1. The highest BCUT2D eigenvalue weighted by Gasteiger charge is 2.31. The molecule has 138 valence electrons. The van der Waals surface area contributed by atoms with Crippen molar-refractivity contribution in [3.05, 3.63) is 71.3 Å². The maximum absolute atomic E-state index is 12.3. The lowest BCUT2D eigenvalue weighted by Crippen LogP contribution is -2.38. The van der Waals surface area contributed by atoms with Crippen molar-refractivity contribution in [2.24, 2.45) is 5.41 Å². The fourth-order valence-corrected chi connectivity index (χ4v) is 2.63. The molecule has 0 aliphatic carbocycles. The zero-order chi connectivity index (χ0) is 19.2. The Hall–Kier alpha value is -2.82. The van der Waals surface area contributed by atoms with Gasteiger partial charge in [-0.15, -0.1) is 0 Å². The number of carbonyl (C=O) groups excluding carboxylic acids is 1. The molecular weight excluding hydrogens is 330 g/mol. The summed E-state index contributed by atoms with van der Waals surface area (Å²) in [7, 11) is 0. The first-order valence-corrected chi connectivity index (χ1v) is 8.64. The van der Waals surface area contributed by atoms with E-state index in [1.807, 2.05) is 30.3 Å². The molecule has 2 N–H and O–H groups in total. The first-order chi connectivity index (χ1) is 12.3. The van der Waals surface area contributed by atoms with Crippen molar-refractivity contribution in [2.75, 3.05) is 0 Å². The van der Waals surface area contributed by atoms with Crippen LogP contribution in [-0.4, -0.2) is 17.2 Å². The normalized spacial score (nSPS) is 12.3. The number of nitrogens with one attached hydrogen (secondary N) is 1. The molecule has 0 aromatic heterocycles. The Bertz CT molecular complexity index is 738. The van der Waals surface area contributed by atoms with Crippen LogP contribution in [0.1, 0.15) is 54.7 Å². The Morgan fingerprint density at radius 3 is 2.23 bits per heavy atom. The quantitative estimate of drug-likeness (QED) is 0.749. The van der Waals surface area contributed by atoms with Gasteiger partial charge < -0.3 is 15.2 Å². The highest BCUT2D eigenvalue weighted by Crippen LogP contribution is 2.36. The molecule has 2 aromatic carbocycles. The van der Waals surface area contributed by atoms with Gasteiger partial charge in [0.05, 0.1) is 11.6 Å². The van der Waals surface area contributed by atoms with Crippen molar-refractivity contribution in [1.82, 2.24) is 5.32 Å². The van der Waals surface area contributed by atoms with Gasteiger partial charge >= 0.3 is 12.1 Å². The molecule has 0 fully saturated rings. The van der Waals surface area contributed by atoms with E-state index in [0.29, 0.717) is 0 Å². The molecule has 1 amide bonds. The fraction of sp³-hybridized carbons (Fsp3) is 0.333. The van der Waals surface area contributed by atoms with Crippen LogP contribution in [0.4, 0.5) is 4.79 Å². The molecule has 0 heterocycles. The minimum absolute atomic E-state index is 0.198. The van der Waals surface area contributed by atoms with Gasteiger partial charge in [0.15, 0.2) is 0 Å². The van der Waals surface area contributed by atoms with Crippen molar-refractivity contribution in [1.29, 1.82) is 0 Å². The molecule has 0 saturated heterocycles. The first kappa shape index (κ1) is 19.5. The minimum atomic E-state index is -0.974. The Balaban J connectivity index is 2.12. The van der Waals surface area contributed by atoms with E-state index in [-0.39, 0.29) is 23.6 Å². The second-order valence-corrected chi connectivity index (χ2v) is 6.91. The molecule has 0 bridgehead atoms. The molecule has 26 heavy (non-hydrogen) atoms. The summed E-state index contributed by atoms with van der Waals surface area (Å²) < 4.78 is 5.34. The molecular formula is C21H25NO4. The molecule has 2 rings (SSSR count). The molecule has 0 spiro atoms. The van der Waals surface area contributed by atoms with Gasteiger partial charge in [0, 0.05) is 0 Å². The number of rotatable bonds is 7. The Labute approximate surface area is 154 Å². The van der Waals surface area contributed by atoms with E-state index >= 15 is 0 Å². The van der Waals surface area contributed by atoms with Gasteiger partial charge in [-0.2, -0.15) is 0 Å². The Kier molecular flexibility index (Phi) is 6.39. The van der Waals surface area contributed by atoms with Crippen LogP contribution in [0.25, 0.3) is 0 Å². The number of hydrogen-bond donors (Lipinski definition) is 2. The zero-order valence-corrected chi connectivity index (χ0v) is 15.4. The van der Waals surface area contributed by atoms with Crippen LogP contribution in [0.2, 0.25) is 0 Å². The van der Waals surface area contributed by atoms with E-state index in [2.05, 4.69) is 26.1 Å². The number of ether oxygens (including phenoxy) is 1. The number of carboxylic acid groups (broad SMARTS) is 1. The van der Waals surface area contributed by atoms with Gasteiger partial charge in [0.1, 0.15) is 6.61 Å². The van der Waals surface area contributed by atoms with E-state index in [9.17, 15) is 9.59 Å². The second kappa shape index (κ2) is 8.52. The average Bonchev–Trinajstić information content (AvgIpc) is 2.65. The molecule has 1 atom stereocenters. The van der Waals surface area contributed by atoms with Crippen molar-refractivity contribution >= 4 is 12.1 Å². The summed E-state index contributed by atoms with van der Waals surface area (Å²) in [6, 6.07) is 15.8. The van der Waals surface area contributed by atoms with E-state index in [4.69, 9.17) is 9.84 Å². The van der Waals surface area contributed by atoms with Gasteiger partial charge in [-0.05, 0) is 35.1 Å². The van der Waals surface area contributed by atoms with Crippen LogP contribution in [0.5, 0.6) is 0 Å². The van der Waals surface area contributed by atoms with E-state index < -0.39 is 12.1 Å². The smallest absolute Gasteiger partial charge is 0.407 e. The predicted molar refractivity (Wildman–Crippen MR) is 100.0 cm³/mol. The maximum Gasteiger partial charge on any atom is 0.407 e. The first-order valence-electron chi connectivity index (χ1n) is 8.64. The van der Waals surface area contributed by atoms with Gasteiger partial charge in [-0.1, -0.05) is 63.2 Å². The molecule has 0 radical (unpaired) electrons. The number of amides is 1. The number of hydrogen-bond acceptors (Lipinski definition) is 3. The lowest BCUT2D eigenvalue weighted by molar-refractivity contribution is 0.0696. The summed E-state index contributed by atoms with van der Waals surface area (Å²) >= 11 is 0. The standard InChI is InChI=1S/C21H25NO4/c1-4-21(2,3)18(16-10-12-17(13-11-16)19(23)24)22-20(25)26-14-15-8-6-5-7-9-15/h5-13,18H,4,14H2,1-3H3,(H,22,25)(H,23,24). The monoisotopic (exact) mass is 355 g/mol. The second-order valence-electron chi connectivity index (χ2n) is 6.91. The Morgan fingerprint density at radius 2 is 1.69 bits per heavy atom. The summed E-state index contributed by atoms with van der Waals surface area (Å²) in [6.45, 7) is 6.36. The van der Waals surface area contributed by atoms with E-state index in [1.54, 1.807) is 24.3 Å². The van der Waals surface area contributed by atoms with Crippen LogP contribution in [-0.2, 0) is 11.3 Å². The number of carbonyl (C=O) groups is 2. The van der Waals surface area contributed by atoms with E-state index in [0.717, 1.165) is 17.5 Å². The van der Waals surface area contributed by atoms with Crippen LogP contribution in [0, 0.1) is 5.41 Å². The third kappa shape index (κ3) is 5.09. The minimum Gasteiger partial charge on any atom is -0.478 e. The number of benzene rings is 2. The highest BCUT2D eigenvalue weighted by atomic mass is 16.5. The summed E-state index contributed by atoms with van der Waals surface area (Å²) in [4.78, 5) is 23.4. The lowest BCUT2D eigenvalue weighted by Gasteiger charge is -2.34. The largest absolute Gasteiger partial charge is 0.478 e. The maximum atomic E-state index is 12.3. The summed E-state index contributed by atoms with van der Waals surface area (Å²) in [5, 5.41) is 12.0. The van der Waals surface area contributed by atoms with E-state index in [1.165, 1.54) is 0 Å². The third-order valence-corrected chi connectivity index (χ3v) is 4.66. The molecule has 5 heteroatoms. The van der Waals surface area contributed by atoms with Gasteiger partial charge in [-0.25, -0.2) is 9.59 Å². The lowest BCUT2D eigenvalue weighted by atomic mass is 9.78. The van der Waals surface area contributed by atoms with Crippen LogP contribution in [0.15, 0.2) is 54.6 Å². The number of aromatic carboxylic acids is 1. The van der Waals surface area contributed by atoms with Crippen molar-refractivity contribution in [3.8, 4) is 0 Å². The van der Waals surface area contributed by atoms with Crippen LogP contribution in [0.3, 0.4) is 0 Å². The average molecular weight is 355 g/mol. The third-order valence-electron chi connectivity index (χ3n) is 4.66. The van der Waals surface area contributed by atoms with Crippen molar-refractivity contribution < 1.29 is 19.4 Å². The van der Waals surface area contributed by atoms with Gasteiger partial charge in [-0.3, -0.25) is 0 Å². The van der Waals surface area contributed by atoms with Crippen molar-refractivity contribution in [3.63, 3.8) is 0 Å². The highest BCUT2D eigenvalue weighted by molar-refractivity contribution is 5.87. The summed E-state index contributed by atoms with van der Waals surface area (Å²) in [5.74, 6) is -0.974. The molecule has 1 unspecified atom stereocenters. The number of alkyl carbamates (subject to hydrolysis) is 1. The van der Waals surface area contributed by atoms with Gasteiger partial charge in [0.2, 0.25) is 0 Å². The molecule has 0 saturated carbocycles. The topological polar surface area (TPSA) is 75.6 Å². The zero-order valence-electron chi connectivity index (χ0n) is 15.4. The fourth-order valence-electron chi connectivity index (χ4n) is 2.63. The Morgan fingerprint density at radius 1 is 1.08 bits per heavy atom. The summed E-state index contributed by atoms with van der Waals surface area (Å²) in [6.07, 6.45) is 0.333. The summed E-state index contributed by atoms with van der Waals surface area (Å²) in [5.41, 5.74) is 1.75. The molecule has 0 aliphatic rings. The number of carboxylic acids is 1. The van der Waals surface area contributed by atoms with Gasteiger partial charge in [0.25, 0.3) is 0 Å².